The van der Waals surface area contributed by atoms with Gasteiger partial charge in [-0.2, -0.15) is 0 Å². The molecule has 2 amide bonds. The molecule has 0 fully saturated rings. The minimum atomic E-state index is -0.291. The number of rotatable bonds is 1. The van der Waals surface area contributed by atoms with Gasteiger partial charge in [-0.05, 0) is 12.5 Å². The number of carbonyl (C=O) groups excluding carboxylic acids is 2. The van der Waals surface area contributed by atoms with Crippen molar-refractivity contribution in [1.82, 2.24) is 10.6 Å². The maximum absolute atomic E-state index is 11.7. The molecule has 1 atom stereocenters. The van der Waals surface area contributed by atoms with Crippen LogP contribution in [0.1, 0.15) is 17.2 Å². The van der Waals surface area contributed by atoms with Crippen LogP contribution in [-0.4, -0.2) is 18.4 Å². The number of hydrogen-bond acceptors (Lipinski definition) is 2. The van der Waals surface area contributed by atoms with Gasteiger partial charge < -0.3 is 10.6 Å². The van der Waals surface area contributed by atoms with Crippen molar-refractivity contribution in [2.75, 3.05) is 6.54 Å². The highest BCUT2D eigenvalue weighted by Gasteiger charge is 2.40. The Morgan fingerprint density at radius 3 is 2.53 bits per heavy atom. The van der Waals surface area contributed by atoms with Crippen molar-refractivity contribution in [2.45, 2.75) is 13.0 Å². The van der Waals surface area contributed by atoms with Gasteiger partial charge in [-0.25, -0.2) is 0 Å². The summed E-state index contributed by atoms with van der Waals surface area (Å²) in [6, 6.07) is 7.56. The topological polar surface area (TPSA) is 58.2 Å². The number of nitrogens with one attached hydrogen (secondary N) is 2. The van der Waals surface area contributed by atoms with Crippen LogP contribution in [0.3, 0.4) is 0 Å². The predicted octanol–water partition coefficient (Wildman–Crippen LogP) is 0.592. The smallest absolute Gasteiger partial charge is 0.250 e. The third kappa shape index (κ3) is 1.45. The molecule has 0 radical (unpaired) electrons. The first-order valence-corrected chi connectivity index (χ1v) is 5.55. The fraction of sp³-hybridized carbons (Fsp3) is 0.231. The first-order valence-electron chi connectivity index (χ1n) is 5.55. The Morgan fingerprint density at radius 1 is 1.12 bits per heavy atom. The van der Waals surface area contributed by atoms with Gasteiger partial charge in [0.05, 0.1) is 11.6 Å². The molecule has 2 aliphatic heterocycles. The van der Waals surface area contributed by atoms with Crippen LogP contribution in [0.5, 0.6) is 0 Å². The van der Waals surface area contributed by atoms with Gasteiger partial charge in [0.15, 0.2) is 0 Å². The molecule has 2 heterocycles. The van der Waals surface area contributed by atoms with Crippen LogP contribution in [0.2, 0.25) is 0 Å². The maximum Gasteiger partial charge on any atom is 0.250 e. The van der Waals surface area contributed by atoms with Gasteiger partial charge in [-0.3, -0.25) is 9.59 Å². The van der Waals surface area contributed by atoms with Crippen molar-refractivity contribution in [3.05, 3.63) is 46.5 Å². The molecule has 0 spiro atoms. The summed E-state index contributed by atoms with van der Waals surface area (Å²) >= 11 is 0. The van der Waals surface area contributed by atoms with Crippen LogP contribution >= 0.6 is 0 Å². The summed E-state index contributed by atoms with van der Waals surface area (Å²) in [5.74, 6) is -0.271. The molecule has 0 aliphatic carbocycles. The third-order valence-corrected chi connectivity index (χ3v) is 3.24. The van der Waals surface area contributed by atoms with E-state index in [4.69, 9.17) is 0 Å². The molecule has 0 aromatic heterocycles. The molecule has 3 rings (SSSR count). The van der Waals surface area contributed by atoms with Crippen LogP contribution in [0.15, 0.2) is 35.4 Å². The Bertz CT molecular complexity index is 541. The van der Waals surface area contributed by atoms with Crippen molar-refractivity contribution in [1.29, 1.82) is 0 Å². The minimum Gasteiger partial charge on any atom is -0.348 e. The fourth-order valence-electron chi connectivity index (χ4n) is 2.30. The van der Waals surface area contributed by atoms with Crippen LogP contribution in [-0.2, 0) is 9.59 Å². The molecular formula is C13H12N2O2. The van der Waals surface area contributed by atoms with E-state index < -0.39 is 0 Å². The average molecular weight is 228 g/mol. The molecule has 4 nitrogen and oxygen atoms in total. The summed E-state index contributed by atoms with van der Waals surface area (Å²) in [7, 11) is 0. The van der Waals surface area contributed by atoms with Gasteiger partial charge in [0, 0.05) is 12.1 Å². The van der Waals surface area contributed by atoms with Gasteiger partial charge in [0.1, 0.15) is 0 Å². The highest BCUT2D eigenvalue weighted by atomic mass is 16.2. The fourth-order valence-corrected chi connectivity index (χ4v) is 2.30. The lowest BCUT2D eigenvalue weighted by atomic mass is 9.98. The largest absolute Gasteiger partial charge is 0.348 e. The summed E-state index contributed by atoms with van der Waals surface area (Å²) in [5, 5.41) is 5.54. The van der Waals surface area contributed by atoms with E-state index in [9.17, 15) is 9.59 Å². The molecule has 1 aromatic carbocycles. The summed E-state index contributed by atoms with van der Waals surface area (Å²) in [4.78, 5) is 23.4. The molecule has 2 N–H and O–H groups in total. The molecule has 0 saturated heterocycles. The van der Waals surface area contributed by atoms with Crippen LogP contribution in [0, 0.1) is 6.92 Å². The first kappa shape index (κ1) is 10.1. The summed E-state index contributed by atoms with van der Waals surface area (Å²) in [5.41, 5.74) is 3.27. The molecular weight excluding hydrogens is 216 g/mol. The lowest BCUT2D eigenvalue weighted by Gasteiger charge is -2.14. The van der Waals surface area contributed by atoms with Crippen molar-refractivity contribution in [3.63, 3.8) is 0 Å². The Hall–Kier alpha value is -2.10. The Labute approximate surface area is 98.7 Å². The summed E-state index contributed by atoms with van der Waals surface area (Å²) < 4.78 is 0. The molecule has 1 aromatic rings. The minimum absolute atomic E-state index is 0.135. The average Bonchev–Trinajstić information content (AvgIpc) is 2.83. The Balaban J connectivity index is 2.03. The lowest BCUT2D eigenvalue weighted by molar-refractivity contribution is -0.117. The van der Waals surface area contributed by atoms with E-state index in [0.29, 0.717) is 17.7 Å². The first-order chi connectivity index (χ1) is 8.16. The van der Waals surface area contributed by atoms with Gasteiger partial charge in [-0.1, -0.05) is 29.8 Å². The number of carbonyl (C=O) groups is 2. The highest BCUT2D eigenvalue weighted by Crippen LogP contribution is 2.32. The number of benzene rings is 1. The van der Waals surface area contributed by atoms with Crippen molar-refractivity contribution in [3.8, 4) is 0 Å². The van der Waals surface area contributed by atoms with E-state index in [0.717, 1.165) is 11.1 Å². The van der Waals surface area contributed by atoms with Gasteiger partial charge in [-0.15, -0.1) is 0 Å². The molecule has 86 valence electrons. The molecule has 1 unspecified atom stereocenters. The number of amides is 2. The molecule has 4 heteroatoms. The molecule has 17 heavy (non-hydrogen) atoms. The predicted molar refractivity (Wildman–Crippen MR) is 62.1 cm³/mol. The van der Waals surface area contributed by atoms with E-state index >= 15 is 0 Å². The number of aryl methyl sites for hydroxylation is 1. The lowest BCUT2D eigenvalue weighted by Crippen LogP contribution is -2.31. The summed E-state index contributed by atoms with van der Waals surface area (Å²) in [6.45, 7) is 2.35. The zero-order valence-electron chi connectivity index (χ0n) is 9.41. The van der Waals surface area contributed by atoms with Gasteiger partial charge in [0.2, 0.25) is 11.8 Å². The van der Waals surface area contributed by atoms with Gasteiger partial charge in [0.25, 0.3) is 0 Å². The van der Waals surface area contributed by atoms with Crippen LogP contribution in [0.25, 0.3) is 0 Å². The van der Waals surface area contributed by atoms with Crippen molar-refractivity contribution < 1.29 is 9.59 Å². The molecule has 0 saturated carbocycles. The highest BCUT2D eigenvalue weighted by molar-refractivity contribution is 6.12. The molecule has 0 bridgehead atoms. The normalized spacial score (nSPS) is 22.5. The monoisotopic (exact) mass is 228 g/mol. The maximum atomic E-state index is 11.7. The number of hydrogen-bond donors (Lipinski definition) is 2. The summed E-state index contributed by atoms with van der Waals surface area (Å²) in [6.07, 6.45) is 0. The van der Waals surface area contributed by atoms with E-state index in [1.54, 1.807) is 0 Å². The SMILES string of the molecule is Cc1ccc(C2NC(=O)C3=C2C(=O)NC3)cc1. The zero-order chi connectivity index (χ0) is 12.0. The second kappa shape index (κ2) is 3.45. The standard InChI is InChI=1S/C13H12N2O2/c1-7-2-4-8(5-3-7)11-10-9(12(16)15-11)6-14-13(10)17/h2-5,11H,6H2,1H3,(H,14,17)(H,15,16). The van der Waals surface area contributed by atoms with Crippen molar-refractivity contribution in [2.24, 2.45) is 0 Å². The Kier molecular flexibility index (Phi) is 2.04. The van der Waals surface area contributed by atoms with Crippen LogP contribution < -0.4 is 10.6 Å². The van der Waals surface area contributed by atoms with E-state index in [1.807, 2.05) is 31.2 Å². The van der Waals surface area contributed by atoms with Crippen molar-refractivity contribution >= 4 is 11.8 Å². The second-order valence-electron chi connectivity index (χ2n) is 4.39. The molecule has 2 aliphatic rings. The van der Waals surface area contributed by atoms with E-state index in [2.05, 4.69) is 10.6 Å². The van der Waals surface area contributed by atoms with Gasteiger partial charge >= 0.3 is 0 Å². The second-order valence-corrected chi connectivity index (χ2v) is 4.39. The van der Waals surface area contributed by atoms with E-state index in [1.165, 1.54) is 0 Å². The zero-order valence-corrected chi connectivity index (χ0v) is 9.41. The quantitative estimate of drug-likeness (QED) is 0.739. The van der Waals surface area contributed by atoms with E-state index in [-0.39, 0.29) is 17.9 Å². The third-order valence-electron chi connectivity index (χ3n) is 3.24. The van der Waals surface area contributed by atoms with Crippen LogP contribution in [0.4, 0.5) is 0 Å². The Morgan fingerprint density at radius 2 is 1.82 bits per heavy atom.